The molecule has 1 saturated heterocycles. The number of carbonyl (C=O) groups excluding carboxylic acids is 2. The Kier molecular flexibility index (Phi) is 6.16. The summed E-state index contributed by atoms with van der Waals surface area (Å²) in [5.74, 6) is -2.40. The third kappa shape index (κ3) is 3.64. The number of hydrogen-bond donors (Lipinski definition) is 2. The second-order valence-electron chi connectivity index (χ2n) is 4.78. The van der Waals surface area contributed by atoms with Crippen LogP contribution in [0.2, 0.25) is 0 Å². The van der Waals surface area contributed by atoms with Crippen LogP contribution in [0.25, 0.3) is 0 Å². The Hall–Kier alpha value is -2.07. The summed E-state index contributed by atoms with van der Waals surface area (Å²) in [5, 5.41) is 19.9. The number of carbonyl (C=O) groups is 3. The number of nitrogens with zero attached hydrogens (tertiary/aromatic N) is 3. The van der Waals surface area contributed by atoms with Gasteiger partial charge in [0.2, 0.25) is 5.91 Å². The van der Waals surface area contributed by atoms with Gasteiger partial charge in [0.1, 0.15) is 12.6 Å². The summed E-state index contributed by atoms with van der Waals surface area (Å²) >= 11 is 0. The molecule has 23 heavy (non-hydrogen) atoms. The van der Waals surface area contributed by atoms with Gasteiger partial charge in [0.05, 0.1) is 18.7 Å². The summed E-state index contributed by atoms with van der Waals surface area (Å²) in [6.45, 7) is 1.46. The predicted molar refractivity (Wildman–Crippen MR) is 74.7 cm³/mol. The van der Waals surface area contributed by atoms with Crippen LogP contribution in [0.3, 0.4) is 0 Å². The quantitative estimate of drug-likeness (QED) is 0.370. The van der Waals surface area contributed by atoms with Crippen LogP contribution < -0.4 is 5.32 Å². The number of aliphatic carboxylic acids is 1. The average molecular weight is 320 g/mol. The van der Waals surface area contributed by atoms with Crippen LogP contribution in [0, 0.1) is 11.3 Å². The third-order valence-corrected chi connectivity index (χ3v) is 3.31. The Labute approximate surface area is 142 Å². The van der Waals surface area contributed by atoms with Crippen LogP contribution in [0.15, 0.2) is 11.6 Å². The third-order valence-electron chi connectivity index (χ3n) is 3.31. The summed E-state index contributed by atoms with van der Waals surface area (Å²) in [6, 6.07) is -0.669. The molecule has 2 aliphatic heterocycles. The monoisotopic (exact) mass is 320 g/mol. The number of hydrogen-bond acceptors (Lipinski definition) is 5. The van der Waals surface area contributed by atoms with Crippen LogP contribution in [-0.2, 0) is 14.4 Å². The SMILES string of the molecule is CC1=C[C@@H]2CN(C(=O)N2O[C@@H](F)C(=O)O)[C@@H]1C(=O)NCC#N.[LiH]. The maximum absolute atomic E-state index is 13.2. The molecule has 11 heteroatoms. The van der Waals surface area contributed by atoms with Crippen molar-refractivity contribution in [2.75, 3.05) is 13.1 Å². The van der Waals surface area contributed by atoms with E-state index >= 15 is 0 Å². The Bertz CT molecular complexity index is 592. The molecule has 2 heterocycles. The van der Waals surface area contributed by atoms with Crippen LogP contribution in [0.1, 0.15) is 6.92 Å². The number of nitrogens with one attached hydrogen (secondary N) is 1. The zero-order valence-electron chi connectivity index (χ0n) is 11.5. The number of alkyl halides is 1. The number of amides is 3. The number of nitriles is 1. The molecule has 2 N–H and O–H groups in total. The van der Waals surface area contributed by atoms with Crippen molar-refractivity contribution < 1.29 is 28.7 Å². The minimum atomic E-state index is -2.68. The van der Waals surface area contributed by atoms with E-state index in [1.807, 2.05) is 0 Å². The number of halogens is 1. The molecule has 2 bridgehead atoms. The number of hydroxylamine groups is 2. The zero-order valence-corrected chi connectivity index (χ0v) is 11.5. The van der Waals surface area contributed by atoms with E-state index in [4.69, 9.17) is 10.4 Å². The minimum absolute atomic E-state index is 0. The van der Waals surface area contributed by atoms with Gasteiger partial charge in [-0.25, -0.2) is 18.8 Å². The Morgan fingerprint density at radius 1 is 1.65 bits per heavy atom. The van der Waals surface area contributed by atoms with E-state index in [2.05, 4.69) is 10.2 Å². The van der Waals surface area contributed by atoms with Crippen LogP contribution in [-0.4, -0.2) is 83.4 Å². The molecule has 9 nitrogen and oxygen atoms in total. The standard InChI is InChI=1S/C12H13FN4O5.Li.H/c1-6-4-7-5-16(8(6)10(18)15-3-2-14)12(21)17(7)22-9(13)11(19)20;;/h4,7-9H,3,5H2,1H3,(H,15,18)(H,19,20);;/t7-,8+,9-;;/m1../s1. The fourth-order valence-electron chi connectivity index (χ4n) is 2.44. The van der Waals surface area contributed by atoms with Gasteiger partial charge in [-0.3, -0.25) is 4.79 Å². The summed E-state index contributed by atoms with van der Waals surface area (Å²) < 4.78 is 13.2. The van der Waals surface area contributed by atoms with Gasteiger partial charge < -0.3 is 15.3 Å². The van der Waals surface area contributed by atoms with Crippen molar-refractivity contribution in [1.82, 2.24) is 15.3 Å². The molecule has 0 saturated carbocycles. The van der Waals surface area contributed by atoms with Crippen LogP contribution >= 0.6 is 0 Å². The Morgan fingerprint density at radius 2 is 2.30 bits per heavy atom. The molecule has 3 amide bonds. The number of urea groups is 1. The van der Waals surface area contributed by atoms with Crippen molar-refractivity contribution >= 4 is 36.8 Å². The van der Waals surface area contributed by atoms with Gasteiger partial charge in [-0.05, 0) is 12.5 Å². The summed E-state index contributed by atoms with van der Waals surface area (Å²) in [7, 11) is 0. The van der Waals surface area contributed by atoms with Gasteiger partial charge in [0.15, 0.2) is 0 Å². The summed E-state index contributed by atoms with van der Waals surface area (Å²) in [5.41, 5.74) is 0.525. The molecule has 120 valence electrons. The molecule has 0 aromatic rings. The average Bonchev–Trinajstić information content (AvgIpc) is 2.70. The fraction of sp³-hybridized carbons (Fsp3) is 0.500. The van der Waals surface area contributed by atoms with Crippen molar-refractivity contribution in [3.63, 3.8) is 0 Å². The second-order valence-corrected chi connectivity index (χ2v) is 4.78. The number of rotatable bonds is 5. The van der Waals surface area contributed by atoms with Crippen molar-refractivity contribution in [3.05, 3.63) is 11.6 Å². The van der Waals surface area contributed by atoms with Crippen molar-refractivity contribution in [1.29, 1.82) is 5.26 Å². The van der Waals surface area contributed by atoms with Gasteiger partial charge in [-0.2, -0.15) is 10.3 Å². The normalized spacial score (nSPS) is 23.5. The molecule has 0 aromatic carbocycles. The number of carboxylic acid groups (broad SMARTS) is 1. The second kappa shape index (κ2) is 7.46. The molecule has 3 atom stereocenters. The fourth-order valence-corrected chi connectivity index (χ4v) is 2.44. The number of carboxylic acids is 1. The molecular formula is C12H14FLiN4O5. The molecule has 0 spiro atoms. The molecule has 1 fully saturated rings. The van der Waals surface area contributed by atoms with Gasteiger partial charge in [-0.15, -0.1) is 0 Å². The number of fused-ring (bicyclic) bond motifs is 2. The zero-order chi connectivity index (χ0) is 16.4. The van der Waals surface area contributed by atoms with E-state index in [1.165, 1.54) is 6.08 Å². The van der Waals surface area contributed by atoms with Crippen molar-refractivity contribution in [3.8, 4) is 6.07 Å². The molecule has 2 aliphatic rings. The van der Waals surface area contributed by atoms with Gasteiger partial charge in [0, 0.05) is 0 Å². The Balaban J connectivity index is 0.00000264. The topological polar surface area (TPSA) is 123 Å². The maximum atomic E-state index is 13.2. The molecule has 0 aromatic heterocycles. The molecule has 0 aliphatic carbocycles. The molecule has 2 rings (SSSR count). The van der Waals surface area contributed by atoms with Gasteiger partial charge in [-0.1, -0.05) is 6.08 Å². The molecular weight excluding hydrogens is 306 g/mol. The summed E-state index contributed by atoms with van der Waals surface area (Å²) in [6.07, 6.45) is -1.14. The Morgan fingerprint density at radius 3 is 2.87 bits per heavy atom. The van der Waals surface area contributed by atoms with Gasteiger partial charge >= 0.3 is 37.2 Å². The van der Waals surface area contributed by atoms with Gasteiger partial charge in [0.25, 0.3) is 0 Å². The van der Waals surface area contributed by atoms with Crippen LogP contribution in [0.5, 0.6) is 0 Å². The van der Waals surface area contributed by atoms with E-state index in [0.29, 0.717) is 10.6 Å². The first kappa shape index (κ1) is 19.0. The van der Waals surface area contributed by atoms with E-state index in [0.717, 1.165) is 4.90 Å². The summed E-state index contributed by atoms with van der Waals surface area (Å²) in [4.78, 5) is 40.3. The first-order valence-corrected chi connectivity index (χ1v) is 6.33. The van der Waals surface area contributed by atoms with Crippen molar-refractivity contribution in [2.45, 2.75) is 25.4 Å². The first-order chi connectivity index (χ1) is 10.4. The molecule has 0 radical (unpaired) electrons. The van der Waals surface area contributed by atoms with E-state index < -0.39 is 36.3 Å². The van der Waals surface area contributed by atoms with E-state index in [1.54, 1.807) is 13.0 Å². The first-order valence-electron chi connectivity index (χ1n) is 6.33. The van der Waals surface area contributed by atoms with Crippen LogP contribution in [0.4, 0.5) is 9.18 Å². The van der Waals surface area contributed by atoms with E-state index in [-0.39, 0.29) is 32.0 Å². The molecule has 0 unspecified atom stereocenters. The predicted octanol–water partition coefficient (Wildman–Crippen LogP) is -1.28. The van der Waals surface area contributed by atoms with Crippen molar-refractivity contribution in [2.24, 2.45) is 0 Å². The van der Waals surface area contributed by atoms with E-state index in [9.17, 15) is 18.8 Å².